The second-order valence-corrected chi connectivity index (χ2v) is 7.26. The summed E-state index contributed by atoms with van der Waals surface area (Å²) in [7, 11) is 0. The molecule has 0 aromatic rings. The van der Waals surface area contributed by atoms with Crippen LogP contribution in [-0.2, 0) is 4.79 Å². The van der Waals surface area contributed by atoms with Crippen molar-refractivity contribution in [2.75, 3.05) is 0 Å². The summed E-state index contributed by atoms with van der Waals surface area (Å²) in [5.41, 5.74) is 5.22. The van der Waals surface area contributed by atoms with E-state index in [4.69, 9.17) is 10.8 Å². The number of carboxylic acid groups (broad SMARTS) is 1. The van der Waals surface area contributed by atoms with Crippen LogP contribution < -0.4 is 5.73 Å². The predicted octanol–water partition coefficient (Wildman–Crippen LogP) is 1.71. The van der Waals surface area contributed by atoms with Crippen LogP contribution in [0.5, 0.6) is 0 Å². The van der Waals surface area contributed by atoms with Gasteiger partial charge in [-0.2, -0.15) is 0 Å². The molecule has 0 aliphatic heterocycles. The van der Waals surface area contributed by atoms with E-state index in [0.29, 0.717) is 6.42 Å². The highest BCUT2D eigenvalue weighted by Gasteiger charge is 2.32. The minimum Gasteiger partial charge on any atom is -0.480 e. The Hall–Kier alpha value is -0.990. The Kier molecular flexibility index (Phi) is 15.4. The van der Waals surface area contributed by atoms with Crippen molar-refractivity contribution in [1.29, 1.82) is 0 Å². The number of allylic oxidation sites excluding steroid dienone is 1. The van der Waals surface area contributed by atoms with Crippen molar-refractivity contribution in [3.8, 4) is 0 Å². The maximum atomic E-state index is 10.7. The molecule has 0 aliphatic carbocycles. The van der Waals surface area contributed by atoms with Gasteiger partial charge in [-0.05, 0) is 25.7 Å². The molecular weight excluding hydrogens is 350 g/mol. The Balaban J connectivity index is 3.75. The van der Waals surface area contributed by atoms with Crippen LogP contribution >= 0.6 is 0 Å². The van der Waals surface area contributed by atoms with E-state index in [1.54, 1.807) is 6.08 Å². The zero-order chi connectivity index (χ0) is 20.7. The molecule has 0 saturated heterocycles. The lowest BCUT2D eigenvalue weighted by Crippen LogP contribution is -2.51. The van der Waals surface area contributed by atoms with Gasteiger partial charge in [0.1, 0.15) is 24.4 Å². The van der Waals surface area contributed by atoms with E-state index in [1.807, 2.05) is 0 Å². The number of hydrogen-bond acceptors (Lipinski definition) is 6. The molecule has 0 aromatic heterocycles. The SMILES string of the molecule is CCCCCCC(O)CCCCCC/C=C/[C@@H](O)[C@H](O)[C@H](O)[C@H](N)C(=O)O. The molecule has 0 spiro atoms. The van der Waals surface area contributed by atoms with Gasteiger partial charge < -0.3 is 31.3 Å². The van der Waals surface area contributed by atoms with Gasteiger partial charge in [-0.1, -0.05) is 64.0 Å². The molecule has 1 unspecified atom stereocenters. The number of unbranched alkanes of at least 4 members (excludes halogenated alkanes) is 7. The van der Waals surface area contributed by atoms with Gasteiger partial charge in [0.05, 0.1) is 6.10 Å². The van der Waals surface area contributed by atoms with Crippen molar-refractivity contribution in [2.45, 2.75) is 108 Å². The largest absolute Gasteiger partial charge is 0.480 e. The number of rotatable bonds is 17. The van der Waals surface area contributed by atoms with E-state index in [0.717, 1.165) is 44.9 Å². The molecule has 0 saturated carbocycles. The van der Waals surface area contributed by atoms with Crippen LogP contribution in [0.3, 0.4) is 0 Å². The van der Waals surface area contributed by atoms with Crippen molar-refractivity contribution in [2.24, 2.45) is 5.73 Å². The third-order valence-corrected chi connectivity index (χ3v) is 4.74. The average molecular weight is 390 g/mol. The third kappa shape index (κ3) is 12.9. The van der Waals surface area contributed by atoms with Gasteiger partial charge in [-0.3, -0.25) is 4.79 Å². The fourth-order valence-electron chi connectivity index (χ4n) is 2.86. The average Bonchev–Trinajstić information content (AvgIpc) is 2.65. The van der Waals surface area contributed by atoms with Gasteiger partial charge in [-0.25, -0.2) is 0 Å². The quantitative estimate of drug-likeness (QED) is 0.164. The summed E-state index contributed by atoms with van der Waals surface area (Å²) in [6.45, 7) is 2.17. The van der Waals surface area contributed by atoms with Gasteiger partial charge in [0.25, 0.3) is 0 Å². The topological polar surface area (TPSA) is 144 Å². The highest BCUT2D eigenvalue weighted by Crippen LogP contribution is 2.13. The first-order chi connectivity index (χ1) is 12.8. The monoisotopic (exact) mass is 389 g/mol. The Bertz CT molecular complexity index is 404. The van der Waals surface area contributed by atoms with E-state index >= 15 is 0 Å². The Labute approximate surface area is 162 Å². The van der Waals surface area contributed by atoms with E-state index in [-0.39, 0.29) is 6.10 Å². The lowest BCUT2D eigenvalue weighted by Gasteiger charge is -2.23. The molecule has 0 amide bonds. The van der Waals surface area contributed by atoms with Gasteiger partial charge in [0.15, 0.2) is 0 Å². The molecule has 7 N–H and O–H groups in total. The van der Waals surface area contributed by atoms with Gasteiger partial charge in [-0.15, -0.1) is 0 Å². The first-order valence-corrected chi connectivity index (χ1v) is 10.2. The zero-order valence-corrected chi connectivity index (χ0v) is 16.5. The lowest BCUT2D eigenvalue weighted by atomic mass is 10.0. The minimum atomic E-state index is -1.74. The Morgan fingerprint density at radius 2 is 1.44 bits per heavy atom. The molecule has 0 aromatic carbocycles. The van der Waals surface area contributed by atoms with E-state index in [1.165, 1.54) is 25.3 Å². The number of carboxylic acids is 1. The van der Waals surface area contributed by atoms with E-state index in [2.05, 4.69) is 6.92 Å². The molecule has 0 fully saturated rings. The zero-order valence-electron chi connectivity index (χ0n) is 16.5. The molecule has 0 rings (SSSR count). The number of aliphatic hydroxyl groups is 4. The number of nitrogens with two attached hydrogens (primary N) is 1. The summed E-state index contributed by atoms with van der Waals surface area (Å²) in [4.78, 5) is 10.7. The van der Waals surface area contributed by atoms with Crippen LogP contribution in [0.2, 0.25) is 0 Å². The normalized spacial score (nSPS) is 17.6. The second kappa shape index (κ2) is 16.0. The van der Waals surface area contributed by atoms with Crippen LogP contribution in [-0.4, -0.2) is 62.0 Å². The maximum absolute atomic E-state index is 10.7. The highest BCUT2D eigenvalue weighted by atomic mass is 16.4. The summed E-state index contributed by atoms with van der Waals surface area (Å²) in [5, 5.41) is 47.6. The molecule has 0 heterocycles. The molecular formula is C20H39NO6. The molecule has 0 aliphatic rings. The summed E-state index contributed by atoms with van der Waals surface area (Å²) < 4.78 is 0. The van der Waals surface area contributed by atoms with Crippen LogP contribution in [0.4, 0.5) is 0 Å². The summed E-state index contributed by atoms with van der Waals surface area (Å²) in [6, 6.07) is -1.65. The van der Waals surface area contributed by atoms with Crippen LogP contribution in [0.15, 0.2) is 12.2 Å². The molecule has 7 nitrogen and oxygen atoms in total. The Morgan fingerprint density at radius 3 is 2.00 bits per heavy atom. The van der Waals surface area contributed by atoms with Gasteiger partial charge in [0.2, 0.25) is 0 Å². The summed E-state index contributed by atoms with van der Waals surface area (Å²) in [6.07, 6.45) is 9.25. The van der Waals surface area contributed by atoms with E-state index in [9.17, 15) is 25.2 Å². The van der Waals surface area contributed by atoms with Crippen LogP contribution in [0.1, 0.15) is 77.6 Å². The van der Waals surface area contributed by atoms with Crippen molar-refractivity contribution in [3.63, 3.8) is 0 Å². The fourth-order valence-corrected chi connectivity index (χ4v) is 2.86. The standard InChI is InChI=1S/C20H39NO6/c1-2-3-4-9-12-15(22)13-10-7-5-6-8-11-14-16(23)18(24)19(25)17(21)20(26)27/h11,14-19,22-25H,2-10,12-13,21H2,1H3,(H,26,27)/b14-11+/t15?,16-,17+,18+,19-/m1/s1. The van der Waals surface area contributed by atoms with Crippen molar-refractivity contribution >= 4 is 5.97 Å². The fraction of sp³-hybridized carbons (Fsp3) is 0.850. The lowest BCUT2D eigenvalue weighted by molar-refractivity contribution is -0.145. The number of aliphatic carboxylic acids is 1. The van der Waals surface area contributed by atoms with Crippen LogP contribution in [0, 0.1) is 0 Å². The van der Waals surface area contributed by atoms with Crippen molar-refractivity contribution in [1.82, 2.24) is 0 Å². The van der Waals surface area contributed by atoms with E-state index < -0.39 is 30.3 Å². The molecule has 160 valence electrons. The number of carbonyl (C=O) groups is 1. The number of hydrogen-bond donors (Lipinski definition) is 6. The number of aliphatic hydroxyl groups excluding tert-OH is 4. The first-order valence-electron chi connectivity index (χ1n) is 10.2. The molecule has 0 bridgehead atoms. The predicted molar refractivity (Wildman–Crippen MR) is 105 cm³/mol. The molecule has 7 heteroatoms. The smallest absolute Gasteiger partial charge is 0.323 e. The highest BCUT2D eigenvalue weighted by molar-refractivity contribution is 5.74. The molecule has 5 atom stereocenters. The van der Waals surface area contributed by atoms with Crippen LogP contribution in [0.25, 0.3) is 0 Å². The van der Waals surface area contributed by atoms with Crippen molar-refractivity contribution < 1.29 is 30.3 Å². The summed E-state index contributed by atoms with van der Waals surface area (Å²) in [5.74, 6) is -1.44. The maximum Gasteiger partial charge on any atom is 0.323 e. The van der Waals surface area contributed by atoms with Gasteiger partial charge in [0, 0.05) is 0 Å². The van der Waals surface area contributed by atoms with Gasteiger partial charge >= 0.3 is 5.97 Å². The molecule has 27 heavy (non-hydrogen) atoms. The second-order valence-electron chi connectivity index (χ2n) is 7.26. The van der Waals surface area contributed by atoms with Crippen molar-refractivity contribution in [3.05, 3.63) is 12.2 Å². The first kappa shape index (κ1) is 26.0. The minimum absolute atomic E-state index is 0.193. The Morgan fingerprint density at radius 1 is 0.889 bits per heavy atom. The molecule has 0 radical (unpaired) electrons. The third-order valence-electron chi connectivity index (χ3n) is 4.74. The summed E-state index contributed by atoms with van der Waals surface area (Å²) >= 11 is 0.